The highest BCUT2D eigenvalue weighted by Crippen LogP contribution is 2.15. The van der Waals surface area contributed by atoms with Crippen LogP contribution in [0.1, 0.15) is 30.0 Å². The summed E-state index contributed by atoms with van der Waals surface area (Å²) in [4.78, 5) is 11.9. The Balaban J connectivity index is 2.02. The first-order valence-electron chi connectivity index (χ1n) is 6.22. The van der Waals surface area contributed by atoms with Gasteiger partial charge < -0.3 is 14.5 Å². The van der Waals surface area contributed by atoms with E-state index in [1.807, 2.05) is 44.2 Å². The van der Waals surface area contributed by atoms with Crippen molar-refractivity contribution in [1.82, 2.24) is 5.32 Å². The zero-order chi connectivity index (χ0) is 13.7. The van der Waals surface area contributed by atoms with Gasteiger partial charge in [0.1, 0.15) is 12.4 Å². The number of para-hydroxylation sites is 1. The summed E-state index contributed by atoms with van der Waals surface area (Å²) in [5, 5.41) is 2.80. The molecule has 1 aromatic carbocycles. The summed E-state index contributed by atoms with van der Waals surface area (Å²) in [5.41, 5.74) is 0.738. The summed E-state index contributed by atoms with van der Waals surface area (Å²) in [6, 6.07) is 11.3. The van der Waals surface area contributed by atoms with Gasteiger partial charge in [-0.25, -0.2) is 0 Å². The quantitative estimate of drug-likeness (QED) is 0.898. The van der Waals surface area contributed by atoms with Crippen molar-refractivity contribution in [2.45, 2.75) is 26.5 Å². The van der Waals surface area contributed by atoms with Gasteiger partial charge in [-0.3, -0.25) is 4.79 Å². The molecule has 0 fully saturated rings. The second-order valence-corrected chi connectivity index (χ2v) is 4.50. The van der Waals surface area contributed by atoms with Crippen molar-refractivity contribution in [3.8, 4) is 5.75 Å². The van der Waals surface area contributed by atoms with Crippen molar-refractivity contribution in [1.29, 1.82) is 0 Å². The molecule has 4 nitrogen and oxygen atoms in total. The molecule has 0 unspecified atom stereocenters. The Bertz CT molecular complexity index is 531. The summed E-state index contributed by atoms with van der Waals surface area (Å²) in [6.07, 6.45) is 1.50. The molecule has 1 heterocycles. The lowest BCUT2D eigenvalue weighted by Gasteiger charge is -2.08. The molecular formula is C15H17NO3. The van der Waals surface area contributed by atoms with E-state index in [2.05, 4.69) is 5.32 Å². The Kier molecular flexibility index (Phi) is 4.23. The maximum Gasteiger partial charge on any atom is 0.287 e. The van der Waals surface area contributed by atoms with Gasteiger partial charge in [0.25, 0.3) is 5.91 Å². The average Bonchev–Trinajstić information content (AvgIpc) is 2.85. The SMILES string of the molecule is CC(C)NC(=O)c1occc1COc1ccccc1. The molecule has 0 spiro atoms. The predicted octanol–water partition coefficient (Wildman–Crippen LogP) is 3.00. The number of hydrogen-bond acceptors (Lipinski definition) is 3. The average molecular weight is 259 g/mol. The van der Waals surface area contributed by atoms with Gasteiger partial charge in [0.15, 0.2) is 5.76 Å². The molecule has 0 aliphatic heterocycles. The van der Waals surface area contributed by atoms with Crippen LogP contribution in [0.15, 0.2) is 47.1 Å². The monoisotopic (exact) mass is 259 g/mol. The Morgan fingerprint density at radius 3 is 2.68 bits per heavy atom. The lowest BCUT2D eigenvalue weighted by atomic mass is 10.2. The third-order valence-electron chi connectivity index (χ3n) is 2.51. The highest BCUT2D eigenvalue weighted by molar-refractivity contribution is 5.93. The highest BCUT2D eigenvalue weighted by Gasteiger charge is 2.16. The number of rotatable bonds is 5. The van der Waals surface area contributed by atoms with Crippen molar-refractivity contribution in [3.05, 3.63) is 54.0 Å². The number of furan rings is 1. The third kappa shape index (κ3) is 3.61. The standard InChI is InChI=1S/C15H17NO3/c1-11(2)16-15(17)14-12(8-9-18-14)10-19-13-6-4-3-5-7-13/h3-9,11H,10H2,1-2H3,(H,16,17). The van der Waals surface area contributed by atoms with Crippen molar-refractivity contribution < 1.29 is 13.9 Å². The van der Waals surface area contributed by atoms with E-state index in [0.29, 0.717) is 12.4 Å². The largest absolute Gasteiger partial charge is 0.489 e. The van der Waals surface area contributed by atoms with Gasteiger partial charge in [0.2, 0.25) is 0 Å². The first-order chi connectivity index (χ1) is 9.16. The van der Waals surface area contributed by atoms with Crippen LogP contribution in [0.2, 0.25) is 0 Å². The molecule has 100 valence electrons. The normalized spacial score (nSPS) is 10.5. The molecular weight excluding hydrogens is 242 g/mol. The van der Waals surface area contributed by atoms with Crippen LogP contribution in [0.5, 0.6) is 5.75 Å². The van der Waals surface area contributed by atoms with Crippen LogP contribution in [-0.2, 0) is 6.61 Å². The summed E-state index contributed by atoms with van der Waals surface area (Å²) < 4.78 is 10.8. The van der Waals surface area contributed by atoms with Crippen LogP contribution >= 0.6 is 0 Å². The molecule has 0 bridgehead atoms. The number of carbonyl (C=O) groups is 1. The van der Waals surface area contributed by atoms with Crippen LogP contribution in [-0.4, -0.2) is 11.9 Å². The van der Waals surface area contributed by atoms with Gasteiger partial charge >= 0.3 is 0 Å². The van der Waals surface area contributed by atoms with Crippen LogP contribution in [0.4, 0.5) is 0 Å². The Labute approximate surface area is 112 Å². The Morgan fingerprint density at radius 1 is 1.26 bits per heavy atom. The lowest BCUT2D eigenvalue weighted by molar-refractivity contribution is 0.0911. The maximum absolute atomic E-state index is 11.9. The molecule has 0 saturated carbocycles. The minimum absolute atomic E-state index is 0.0699. The number of amides is 1. The number of hydrogen-bond donors (Lipinski definition) is 1. The van der Waals surface area contributed by atoms with E-state index in [4.69, 9.17) is 9.15 Å². The summed E-state index contributed by atoms with van der Waals surface area (Å²) >= 11 is 0. The third-order valence-corrected chi connectivity index (χ3v) is 2.51. The van der Waals surface area contributed by atoms with E-state index in [-0.39, 0.29) is 11.9 Å². The van der Waals surface area contributed by atoms with E-state index >= 15 is 0 Å². The molecule has 0 atom stereocenters. The number of carbonyl (C=O) groups excluding carboxylic acids is 1. The molecule has 2 aromatic rings. The fraction of sp³-hybridized carbons (Fsp3) is 0.267. The van der Waals surface area contributed by atoms with Crippen LogP contribution in [0.25, 0.3) is 0 Å². The Hall–Kier alpha value is -2.23. The van der Waals surface area contributed by atoms with Crippen LogP contribution < -0.4 is 10.1 Å². The van der Waals surface area contributed by atoms with Gasteiger partial charge in [-0.05, 0) is 32.0 Å². The number of ether oxygens (including phenoxy) is 1. The molecule has 1 aromatic heterocycles. The highest BCUT2D eigenvalue weighted by atomic mass is 16.5. The molecule has 19 heavy (non-hydrogen) atoms. The number of nitrogens with one attached hydrogen (secondary N) is 1. The van der Waals surface area contributed by atoms with Gasteiger partial charge in [-0.1, -0.05) is 18.2 Å². The van der Waals surface area contributed by atoms with Crippen molar-refractivity contribution in [2.24, 2.45) is 0 Å². The summed E-state index contributed by atoms with van der Waals surface area (Å²) in [5.74, 6) is 0.857. The second kappa shape index (κ2) is 6.09. The van der Waals surface area contributed by atoms with Gasteiger partial charge in [-0.15, -0.1) is 0 Å². The molecule has 1 amide bonds. The van der Waals surface area contributed by atoms with E-state index in [1.165, 1.54) is 6.26 Å². The maximum atomic E-state index is 11.9. The molecule has 0 aliphatic carbocycles. The van der Waals surface area contributed by atoms with Crippen molar-refractivity contribution in [2.75, 3.05) is 0 Å². The van der Waals surface area contributed by atoms with E-state index in [1.54, 1.807) is 6.07 Å². The minimum Gasteiger partial charge on any atom is -0.489 e. The zero-order valence-corrected chi connectivity index (χ0v) is 11.1. The predicted molar refractivity (Wildman–Crippen MR) is 72.1 cm³/mol. The fourth-order valence-electron chi connectivity index (χ4n) is 1.65. The van der Waals surface area contributed by atoms with E-state index in [9.17, 15) is 4.79 Å². The lowest BCUT2D eigenvalue weighted by Crippen LogP contribution is -2.30. The molecule has 0 aliphatic rings. The first-order valence-corrected chi connectivity index (χ1v) is 6.22. The summed E-state index contributed by atoms with van der Waals surface area (Å²) in [6.45, 7) is 4.11. The number of benzene rings is 1. The molecule has 0 saturated heterocycles. The van der Waals surface area contributed by atoms with Crippen molar-refractivity contribution in [3.63, 3.8) is 0 Å². The van der Waals surface area contributed by atoms with Crippen LogP contribution in [0, 0.1) is 0 Å². The zero-order valence-electron chi connectivity index (χ0n) is 11.1. The van der Waals surface area contributed by atoms with E-state index in [0.717, 1.165) is 11.3 Å². The topological polar surface area (TPSA) is 51.5 Å². The molecule has 4 heteroatoms. The molecule has 1 N–H and O–H groups in total. The second-order valence-electron chi connectivity index (χ2n) is 4.50. The van der Waals surface area contributed by atoms with Crippen LogP contribution in [0.3, 0.4) is 0 Å². The molecule has 0 radical (unpaired) electrons. The van der Waals surface area contributed by atoms with Gasteiger partial charge in [0.05, 0.1) is 6.26 Å². The Morgan fingerprint density at radius 2 is 2.00 bits per heavy atom. The minimum atomic E-state index is -0.216. The smallest absolute Gasteiger partial charge is 0.287 e. The fourth-order valence-corrected chi connectivity index (χ4v) is 1.65. The molecule has 2 rings (SSSR count). The van der Waals surface area contributed by atoms with Gasteiger partial charge in [0, 0.05) is 11.6 Å². The van der Waals surface area contributed by atoms with E-state index < -0.39 is 0 Å². The summed E-state index contributed by atoms with van der Waals surface area (Å²) in [7, 11) is 0. The van der Waals surface area contributed by atoms with Gasteiger partial charge in [-0.2, -0.15) is 0 Å². The first kappa shape index (κ1) is 13.2. The van der Waals surface area contributed by atoms with Crippen molar-refractivity contribution >= 4 is 5.91 Å².